The summed E-state index contributed by atoms with van der Waals surface area (Å²) in [5, 5.41) is 3.22. The smallest absolute Gasteiger partial charge is 0.231 e. The molecular formula is C15H15ClN2O. The number of primary amides is 1. The lowest BCUT2D eigenvalue weighted by atomic mass is 10.1. The number of hydrogen-bond donors (Lipinski definition) is 2. The van der Waals surface area contributed by atoms with Crippen molar-refractivity contribution >= 4 is 18.3 Å². The summed E-state index contributed by atoms with van der Waals surface area (Å²) in [4.78, 5) is 10.9. The molecule has 0 aliphatic heterocycles. The van der Waals surface area contributed by atoms with Crippen molar-refractivity contribution in [3.8, 4) is 11.1 Å². The van der Waals surface area contributed by atoms with Crippen molar-refractivity contribution in [1.29, 1.82) is 0 Å². The van der Waals surface area contributed by atoms with E-state index in [-0.39, 0.29) is 30.9 Å². The van der Waals surface area contributed by atoms with Crippen LogP contribution in [0.3, 0.4) is 0 Å². The number of carbonyl (C=O) groups is 1. The second-order valence-electron chi connectivity index (χ2n) is 4.45. The third kappa shape index (κ3) is 2.35. The van der Waals surface area contributed by atoms with Gasteiger partial charge < -0.3 is 5.73 Å². The average Bonchev–Trinajstić information content (AvgIpc) is 2.71. The highest BCUT2D eigenvalue weighted by molar-refractivity contribution is 5.85. The van der Waals surface area contributed by atoms with Crippen LogP contribution in [0.1, 0.15) is 17.2 Å². The molecule has 0 unspecified atom stereocenters. The quantitative estimate of drug-likeness (QED) is 0.902. The van der Waals surface area contributed by atoms with Crippen LogP contribution in [0.25, 0.3) is 11.1 Å². The largest absolute Gasteiger partial charge is 0.369 e. The second-order valence-corrected chi connectivity index (χ2v) is 4.45. The molecule has 0 aromatic heterocycles. The number of rotatable bonds is 3. The van der Waals surface area contributed by atoms with E-state index >= 15 is 0 Å². The van der Waals surface area contributed by atoms with Crippen LogP contribution in [0.2, 0.25) is 0 Å². The average molecular weight is 275 g/mol. The lowest BCUT2D eigenvalue weighted by Gasteiger charge is -2.14. The molecule has 3 rings (SSSR count). The summed E-state index contributed by atoms with van der Waals surface area (Å²) in [6.07, 6.45) is 0. The van der Waals surface area contributed by atoms with E-state index in [2.05, 4.69) is 29.6 Å². The van der Waals surface area contributed by atoms with Crippen LogP contribution < -0.4 is 11.1 Å². The zero-order chi connectivity index (χ0) is 12.5. The monoisotopic (exact) mass is 274 g/mol. The van der Waals surface area contributed by atoms with Crippen molar-refractivity contribution in [3.63, 3.8) is 0 Å². The topological polar surface area (TPSA) is 55.1 Å². The zero-order valence-electron chi connectivity index (χ0n) is 10.3. The molecule has 0 bridgehead atoms. The molecule has 3 N–H and O–H groups in total. The number of carbonyl (C=O) groups excluding carboxylic acids is 1. The van der Waals surface area contributed by atoms with E-state index in [4.69, 9.17) is 5.73 Å². The predicted octanol–water partition coefficient (Wildman–Crippen LogP) is 2.25. The van der Waals surface area contributed by atoms with Gasteiger partial charge in [0.1, 0.15) is 0 Å². The first-order valence-corrected chi connectivity index (χ1v) is 5.97. The number of nitrogens with two attached hydrogens (primary N) is 1. The van der Waals surface area contributed by atoms with E-state index in [0.29, 0.717) is 0 Å². The van der Waals surface area contributed by atoms with Crippen LogP contribution in [0.5, 0.6) is 0 Å². The molecule has 3 nitrogen and oxygen atoms in total. The minimum absolute atomic E-state index is 0. The molecule has 0 fully saturated rings. The summed E-state index contributed by atoms with van der Waals surface area (Å²) in [5.41, 5.74) is 10.1. The zero-order valence-corrected chi connectivity index (χ0v) is 11.1. The summed E-state index contributed by atoms with van der Waals surface area (Å²) < 4.78 is 0. The molecule has 2 aromatic rings. The Balaban J connectivity index is 0.00000133. The van der Waals surface area contributed by atoms with Gasteiger partial charge in [0, 0.05) is 0 Å². The van der Waals surface area contributed by atoms with Gasteiger partial charge in [-0.2, -0.15) is 0 Å². The Morgan fingerprint density at radius 3 is 1.95 bits per heavy atom. The lowest BCUT2D eigenvalue weighted by Crippen LogP contribution is -2.31. The molecule has 0 saturated heterocycles. The maximum absolute atomic E-state index is 10.9. The number of fused-ring (bicyclic) bond motifs is 3. The Bertz CT molecular complexity index is 567. The first kappa shape index (κ1) is 13.6. The van der Waals surface area contributed by atoms with E-state index < -0.39 is 0 Å². The van der Waals surface area contributed by atoms with Crippen LogP contribution in [0.15, 0.2) is 48.5 Å². The third-order valence-electron chi connectivity index (χ3n) is 3.31. The fraction of sp³-hybridized carbons (Fsp3) is 0.133. The van der Waals surface area contributed by atoms with E-state index in [1.165, 1.54) is 22.3 Å². The lowest BCUT2D eigenvalue weighted by molar-refractivity contribution is -0.117. The summed E-state index contributed by atoms with van der Waals surface area (Å²) in [5.74, 6) is -0.336. The van der Waals surface area contributed by atoms with Gasteiger partial charge in [0.25, 0.3) is 0 Å². The number of halogens is 1. The van der Waals surface area contributed by atoms with Gasteiger partial charge in [-0.15, -0.1) is 12.4 Å². The molecule has 0 spiro atoms. The van der Waals surface area contributed by atoms with Crippen LogP contribution in [0.4, 0.5) is 0 Å². The summed E-state index contributed by atoms with van der Waals surface area (Å²) in [7, 11) is 0. The summed E-state index contributed by atoms with van der Waals surface area (Å²) in [6, 6.07) is 16.6. The molecular weight excluding hydrogens is 260 g/mol. The normalized spacial score (nSPS) is 12.4. The minimum atomic E-state index is -0.336. The Hall–Kier alpha value is -1.84. The molecule has 0 saturated carbocycles. The highest BCUT2D eigenvalue weighted by Gasteiger charge is 2.27. The first-order valence-electron chi connectivity index (χ1n) is 5.97. The minimum Gasteiger partial charge on any atom is -0.369 e. The molecule has 2 aromatic carbocycles. The van der Waals surface area contributed by atoms with E-state index in [9.17, 15) is 4.79 Å². The number of amides is 1. The van der Waals surface area contributed by atoms with Crippen molar-refractivity contribution in [2.45, 2.75) is 6.04 Å². The Morgan fingerprint density at radius 2 is 1.47 bits per heavy atom. The van der Waals surface area contributed by atoms with Crippen LogP contribution in [-0.4, -0.2) is 12.5 Å². The molecule has 0 heterocycles. The first-order chi connectivity index (χ1) is 8.77. The summed E-state index contributed by atoms with van der Waals surface area (Å²) in [6.45, 7) is 0.188. The van der Waals surface area contributed by atoms with E-state index in [1.54, 1.807) is 0 Å². The molecule has 1 amide bonds. The van der Waals surface area contributed by atoms with Gasteiger partial charge in [-0.3, -0.25) is 10.1 Å². The van der Waals surface area contributed by atoms with Gasteiger partial charge in [-0.25, -0.2) is 0 Å². The molecule has 4 heteroatoms. The fourth-order valence-electron chi connectivity index (χ4n) is 2.58. The van der Waals surface area contributed by atoms with Crippen molar-refractivity contribution in [2.24, 2.45) is 5.73 Å². The Kier molecular flexibility index (Phi) is 3.88. The van der Waals surface area contributed by atoms with Crippen LogP contribution in [0, 0.1) is 0 Å². The summed E-state index contributed by atoms with van der Waals surface area (Å²) >= 11 is 0. The van der Waals surface area contributed by atoms with Crippen LogP contribution in [-0.2, 0) is 4.79 Å². The molecule has 1 aliphatic carbocycles. The SMILES string of the molecule is Cl.NC(=O)CNC1c2ccccc2-c2ccccc21. The molecule has 0 atom stereocenters. The maximum atomic E-state index is 10.9. The van der Waals surface area contributed by atoms with Gasteiger partial charge in [0.2, 0.25) is 5.91 Å². The molecule has 98 valence electrons. The predicted molar refractivity (Wildman–Crippen MR) is 78.2 cm³/mol. The highest BCUT2D eigenvalue weighted by Crippen LogP contribution is 2.42. The Labute approximate surface area is 118 Å². The third-order valence-corrected chi connectivity index (χ3v) is 3.31. The fourth-order valence-corrected chi connectivity index (χ4v) is 2.58. The van der Waals surface area contributed by atoms with Gasteiger partial charge >= 0.3 is 0 Å². The maximum Gasteiger partial charge on any atom is 0.231 e. The van der Waals surface area contributed by atoms with Crippen molar-refractivity contribution in [2.75, 3.05) is 6.54 Å². The highest BCUT2D eigenvalue weighted by atomic mass is 35.5. The van der Waals surface area contributed by atoms with Crippen molar-refractivity contribution in [3.05, 3.63) is 59.7 Å². The number of benzene rings is 2. The number of nitrogens with one attached hydrogen (secondary N) is 1. The van der Waals surface area contributed by atoms with Gasteiger partial charge in [-0.1, -0.05) is 48.5 Å². The van der Waals surface area contributed by atoms with Gasteiger partial charge in [0.15, 0.2) is 0 Å². The standard InChI is InChI=1S/C15H14N2O.ClH/c16-14(18)9-17-15-12-7-3-1-5-10(12)11-6-2-4-8-13(11)15;/h1-8,15,17H,9H2,(H2,16,18);1H. The van der Waals surface area contributed by atoms with Crippen molar-refractivity contribution < 1.29 is 4.79 Å². The molecule has 0 radical (unpaired) electrons. The van der Waals surface area contributed by atoms with E-state index in [0.717, 1.165) is 0 Å². The second kappa shape index (κ2) is 5.43. The number of hydrogen-bond acceptors (Lipinski definition) is 2. The van der Waals surface area contributed by atoms with Gasteiger partial charge in [-0.05, 0) is 22.3 Å². The van der Waals surface area contributed by atoms with Crippen LogP contribution >= 0.6 is 12.4 Å². The molecule has 19 heavy (non-hydrogen) atoms. The molecule has 1 aliphatic rings. The Morgan fingerprint density at radius 1 is 1.00 bits per heavy atom. The van der Waals surface area contributed by atoms with Gasteiger partial charge in [0.05, 0.1) is 12.6 Å². The van der Waals surface area contributed by atoms with E-state index in [1.807, 2.05) is 24.3 Å². The van der Waals surface area contributed by atoms with Crippen molar-refractivity contribution in [1.82, 2.24) is 5.32 Å².